The van der Waals surface area contributed by atoms with Crippen LogP contribution in [-0.4, -0.2) is 13.1 Å². The minimum atomic E-state index is -0.135. The Bertz CT molecular complexity index is 563. The molecule has 0 spiro atoms. The summed E-state index contributed by atoms with van der Waals surface area (Å²) in [4.78, 5) is 1.47. The van der Waals surface area contributed by atoms with E-state index in [1.807, 2.05) is 17.4 Å². The number of aryl methyl sites for hydroxylation is 1. The molecule has 100 valence electrons. The molecule has 2 unspecified atom stereocenters. The van der Waals surface area contributed by atoms with Crippen LogP contribution in [0.15, 0.2) is 35.7 Å². The maximum absolute atomic E-state index is 13.5. The molecule has 0 amide bonds. The summed E-state index contributed by atoms with van der Waals surface area (Å²) in [6, 6.07) is 9.26. The molecule has 1 nitrogen and oxygen atoms in total. The number of nitrogens with one attached hydrogen (secondary N) is 1. The fourth-order valence-corrected chi connectivity index (χ4v) is 4.15. The van der Waals surface area contributed by atoms with E-state index in [-0.39, 0.29) is 5.82 Å². The number of thiophene rings is 1. The van der Waals surface area contributed by atoms with Crippen LogP contribution in [0.4, 0.5) is 4.39 Å². The molecule has 0 aliphatic carbocycles. The largest absolute Gasteiger partial charge is 0.316 e. The standard InChI is InChI=1S/C16H18FNS/c1-11-6-8-19-16(11)14-5-7-18-10-15(14)12-3-2-4-13(17)9-12/h2-4,6,8-9,14-15,18H,5,7,10H2,1H3. The highest BCUT2D eigenvalue weighted by atomic mass is 32.1. The maximum Gasteiger partial charge on any atom is 0.123 e. The van der Waals surface area contributed by atoms with Crippen molar-refractivity contribution in [1.29, 1.82) is 0 Å². The molecule has 2 atom stereocenters. The van der Waals surface area contributed by atoms with E-state index in [0.29, 0.717) is 11.8 Å². The van der Waals surface area contributed by atoms with Gasteiger partial charge >= 0.3 is 0 Å². The molecule has 2 heterocycles. The van der Waals surface area contributed by atoms with Crippen molar-refractivity contribution in [2.75, 3.05) is 13.1 Å². The zero-order valence-corrected chi connectivity index (χ0v) is 11.8. The lowest BCUT2D eigenvalue weighted by atomic mass is 9.80. The Balaban J connectivity index is 1.96. The van der Waals surface area contributed by atoms with E-state index in [9.17, 15) is 4.39 Å². The summed E-state index contributed by atoms with van der Waals surface area (Å²) in [6.45, 7) is 4.16. The van der Waals surface area contributed by atoms with Crippen molar-refractivity contribution in [2.24, 2.45) is 0 Å². The van der Waals surface area contributed by atoms with Gasteiger partial charge in [-0.3, -0.25) is 0 Å². The Hall–Kier alpha value is -1.19. The van der Waals surface area contributed by atoms with Gasteiger partial charge in [0.2, 0.25) is 0 Å². The smallest absolute Gasteiger partial charge is 0.123 e. The monoisotopic (exact) mass is 275 g/mol. The van der Waals surface area contributed by atoms with Crippen molar-refractivity contribution >= 4 is 11.3 Å². The lowest BCUT2D eigenvalue weighted by Gasteiger charge is -2.32. The zero-order valence-electron chi connectivity index (χ0n) is 11.0. The van der Waals surface area contributed by atoms with Crippen LogP contribution in [0.25, 0.3) is 0 Å². The fourth-order valence-electron chi connectivity index (χ4n) is 3.02. The highest BCUT2D eigenvalue weighted by Crippen LogP contribution is 2.40. The average molecular weight is 275 g/mol. The number of piperidine rings is 1. The molecular weight excluding hydrogens is 257 g/mol. The number of hydrogen-bond donors (Lipinski definition) is 1. The van der Waals surface area contributed by atoms with Gasteiger partial charge in [0.05, 0.1) is 0 Å². The second-order valence-corrected chi connectivity index (χ2v) is 6.18. The molecule has 3 rings (SSSR count). The van der Waals surface area contributed by atoms with Crippen molar-refractivity contribution in [3.63, 3.8) is 0 Å². The molecule has 0 radical (unpaired) electrons. The van der Waals surface area contributed by atoms with Gasteiger partial charge in [-0.25, -0.2) is 4.39 Å². The summed E-state index contributed by atoms with van der Waals surface area (Å²) in [5.41, 5.74) is 2.49. The van der Waals surface area contributed by atoms with Crippen molar-refractivity contribution in [2.45, 2.75) is 25.2 Å². The van der Waals surface area contributed by atoms with E-state index in [4.69, 9.17) is 0 Å². The van der Waals surface area contributed by atoms with Gasteiger partial charge in [-0.1, -0.05) is 12.1 Å². The molecular formula is C16H18FNS. The van der Waals surface area contributed by atoms with Crippen LogP contribution in [0.1, 0.15) is 34.3 Å². The first-order valence-electron chi connectivity index (χ1n) is 6.76. The van der Waals surface area contributed by atoms with Crippen LogP contribution < -0.4 is 5.32 Å². The molecule has 0 bridgehead atoms. The maximum atomic E-state index is 13.5. The van der Waals surface area contributed by atoms with Gasteiger partial charge in [-0.2, -0.15) is 0 Å². The summed E-state index contributed by atoms with van der Waals surface area (Å²) in [6.07, 6.45) is 1.13. The lowest BCUT2D eigenvalue weighted by Crippen LogP contribution is -2.34. The average Bonchev–Trinajstić information content (AvgIpc) is 2.85. The molecule has 1 saturated heterocycles. The van der Waals surface area contributed by atoms with Crippen LogP contribution in [0, 0.1) is 12.7 Å². The third-order valence-corrected chi connectivity index (χ3v) is 5.15. The number of halogens is 1. The molecule has 1 aliphatic heterocycles. The Morgan fingerprint density at radius 1 is 1.26 bits per heavy atom. The minimum Gasteiger partial charge on any atom is -0.316 e. The first-order valence-corrected chi connectivity index (χ1v) is 7.64. The Labute approximate surface area is 117 Å². The van der Waals surface area contributed by atoms with Crippen LogP contribution in [0.3, 0.4) is 0 Å². The van der Waals surface area contributed by atoms with Crippen LogP contribution in [-0.2, 0) is 0 Å². The van der Waals surface area contributed by atoms with Crippen molar-refractivity contribution in [1.82, 2.24) is 5.32 Å². The molecule has 2 aromatic rings. The molecule has 19 heavy (non-hydrogen) atoms. The Morgan fingerprint density at radius 2 is 2.16 bits per heavy atom. The summed E-state index contributed by atoms with van der Waals surface area (Å²) >= 11 is 1.84. The predicted molar refractivity (Wildman–Crippen MR) is 78.4 cm³/mol. The van der Waals surface area contributed by atoms with E-state index >= 15 is 0 Å². The van der Waals surface area contributed by atoms with E-state index in [1.165, 1.54) is 16.5 Å². The topological polar surface area (TPSA) is 12.0 Å². The summed E-state index contributed by atoms with van der Waals surface area (Å²) < 4.78 is 13.5. The summed E-state index contributed by atoms with van der Waals surface area (Å²) in [7, 11) is 0. The van der Waals surface area contributed by atoms with Gasteiger partial charge < -0.3 is 5.32 Å². The second-order valence-electron chi connectivity index (χ2n) is 5.23. The van der Waals surface area contributed by atoms with Crippen molar-refractivity contribution in [3.05, 3.63) is 57.5 Å². The van der Waals surface area contributed by atoms with E-state index < -0.39 is 0 Å². The lowest BCUT2D eigenvalue weighted by molar-refractivity contribution is 0.406. The SMILES string of the molecule is Cc1ccsc1C1CCNCC1c1cccc(F)c1. The Morgan fingerprint density at radius 3 is 2.89 bits per heavy atom. The van der Waals surface area contributed by atoms with E-state index in [2.05, 4.69) is 29.8 Å². The summed E-state index contributed by atoms with van der Waals surface area (Å²) in [5.74, 6) is 0.759. The second kappa shape index (κ2) is 5.43. The first kappa shape index (κ1) is 12.8. The predicted octanol–water partition coefficient (Wildman–Crippen LogP) is 4.06. The molecule has 1 aromatic heterocycles. The van der Waals surface area contributed by atoms with E-state index in [0.717, 1.165) is 25.1 Å². The minimum absolute atomic E-state index is 0.135. The molecule has 1 aromatic carbocycles. The van der Waals surface area contributed by atoms with Gasteiger partial charge in [-0.05, 0) is 54.6 Å². The zero-order chi connectivity index (χ0) is 13.2. The summed E-state index contributed by atoms with van der Waals surface area (Å²) in [5, 5.41) is 5.61. The molecule has 3 heteroatoms. The molecule has 1 aliphatic rings. The van der Waals surface area contributed by atoms with Gasteiger partial charge in [0, 0.05) is 23.3 Å². The van der Waals surface area contributed by atoms with Gasteiger partial charge in [0.15, 0.2) is 0 Å². The van der Waals surface area contributed by atoms with Gasteiger partial charge in [0.25, 0.3) is 0 Å². The number of benzene rings is 1. The van der Waals surface area contributed by atoms with Crippen LogP contribution in [0.5, 0.6) is 0 Å². The quantitative estimate of drug-likeness (QED) is 0.871. The highest BCUT2D eigenvalue weighted by molar-refractivity contribution is 7.10. The Kier molecular flexibility index (Phi) is 3.67. The van der Waals surface area contributed by atoms with Crippen LogP contribution >= 0.6 is 11.3 Å². The van der Waals surface area contributed by atoms with Crippen molar-refractivity contribution in [3.8, 4) is 0 Å². The third-order valence-electron chi connectivity index (χ3n) is 4.00. The third kappa shape index (κ3) is 2.58. The number of hydrogen-bond acceptors (Lipinski definition) is 2. The van der Waals surface area contributed by atoms with E-state index in [1.54, 1.807) is 6.07 Å². The van der Waals surface area contributed by atoms with Gasteiger partial charge in [0.1, 0.15) is 5.82 Å². The van der Waals surface area contributed by atoms with Crippen LogP contribution in [0.2, 0.25) is 0 Å². The molecule has 0 saturated carbocycles. The normalized spacial score (nSPS) is 23.5. The highest BCUT2D eigenvalue weighted by Gasteiger charge is 2.29. The molecule has 1 N–H and O–H groups in total. The number of rotatable bonds is 2. The molecule has 1 fully saturated rings. The fraction of sp³-hybridized carbons (Fsp3) is 0.375. The van der Waals surface area contributed by atoms with Crippen molar-refractivity contribution < 1.29 is 4.39 Å². The first-order chi connectivity index (χ1) is 9.25. The van der Waals surface area contributed by atoms with Gasteiger partial charge in [-0.15, -0.1) is 11.3 Å².